The highest BCUT2D eigenvalue weighted by Gasteiger charge is 2.08. The monoisotopic (exact) mass is 189 g/mol. The second-order valence-corrected chi connectivity index (χ2v) is 3.28. The van der Waals surface area contributed by atoms with Gasteiger partial charge in [0, 0.05) is 0 Å². The second-order valence-electron chi connectivity index (χ2n) is 3.28. The van der Waals surface area contributed by atoms with E-state index in [1.807, 2.05) is 19.9 Å². The first-order chi connectivity index (χ1) is 6.54. The van der Waals surface area contributed by atoms with Crippen LogP contribution in [0.4, 0.5) is 0 Å². The highest BCUT2D eigenvalue weighted by Crippen LogP contribution is 2.15. The molecule has 0 saturated heterocycles. The fraction of sp³-hybridized carbons (Fsp3) is 0.273. The molecule has 0 amide bonds. The van der Waals surface area contributed by atoms with Gasteiger partial charge in [-0.3, -0.25) is 4.79 Å². The summed E-state index contributed by atoms with van der Waals surface area (Å²) in [6.45, 7) is 3.81. The molecule has 0 fully saturated rings. The number of nitriles is 1. The minimum atomic E-state index is -0.912. The molecule has 0 bridgehead atoms. The van der Waals surface area contributed by atoms with Gasteiger partial charge in [-0.1, -0.05) is 6.07 Å². The van der Waals surface area contributed by atoms with Gasteiger partial charge in [0.15, 0.2) is 0 Å². The fourth-order valence-electron chi connectivity index (χ4n) is 1.29. The number of aliphatic carboxylic acids is 1. The van der Waals surface area contributed by atoms with Gasteiger partial charge < -0.3 is 5.11 Å². The number of benzene rings is 1. The highest BCUT2D eigenvalue weighted by molar-refractivity contribution is 5.71. The molecule has 1 aromatic rings. The molecule has 0 aliphatic carbocycles. The molecule has 14 heavy (non-hydrogen) atoms. The minimum Gasteiger partial charge on any atom is -0.481 e. The van der Waals surface area contributed by atoms with E-state index >= 15 is 0 Å². The smallest absolute Gasteiger partial charge is 0.307 e. The molecule has 3 nitrogen and oxygen atoms in total. The molecule has 0 aromatic heterocycles. The van der Waals surface area contributed by atoms with Crippen LogP contribution in [0, 0.1) is 25.2 Å². The lowest BCUT2D eigenvalue weighted by Crippen LogP contribution is -2.03. The van der Waals surface area contributed by atoms with E-state index in [9.17, 15) is 4.79 Å². The molecule has 0 aliphatic heterocycles. The first-order valence-corrected chi connectivity index (χ1v) is 4.26. The van der Waals surface area contributed by atoms with Gasteiger partial charge in [-0.25, -0.2) is 0 Å². The number of rotatable bonds is 2. The molecule has 0 atom stereocenters. The maximum absolute atomic E-state index is 10.5. The zero-order chi connectivity index (χ0) is 10.7. The summed E-state index contributed by atoms with van der Waals surface area (Å²) in [5, 5.41) is 17.4. The maximum Gasteiger partial charge on any atom is 0.307 e. The summed E-state index contributed by atoms with van der Waals surface area (Å²) in [6.07, 6.45) is -0.0932. The van der Waals surface area contributed by atoms with Crippen molar-refractivity contribution in [2.75, 3.05) is 0 Å². The van der Waals surface area contributed by atoms with Crippen molar-refractivity contribution in [1.29, 1.82) is 5.26 Å². The van der Waals surface area contributed by atoms with Crippen molar-refractivity contribution >= 4 is 5.97 Å². The van der Waals surface area contributed by atoms with Crippen molar-refractivity contribution in [2.24, 2.45) is 0 Å². The van der Waals surface area contributed by atoms with Crippen molar-refractivity contribution in [3.8, 4) is 6.07 Å². The minimum absolute atomic E-state index is 0.0932. The molecule has 1 N–H and O–H groups in total. The topological polar surface area (TPSA) is 61.1 Å². The van der Waals surface area contributed by atoms with Crippen molar-refractivity contribution in [2.45, 2.75) is 20.3 Å². The van der Waals surface area contributed by atoms with Crippen molar-refractivity contribution in [1.82, 2.24) is 0 Å². The summed E-state index contributed by atoms with van der Waals surface area (Å²) in [7, 11) is 0. The first kappa shape index (κ1) is 10.3. The number of carbonyl (C=O) groups is 1. The van der Waals surface area contributed by atoms with Gasteiger partial charge in [-0.15, -0.1) is 0 Å². The third-order valence-electron chi connectivity index (χ3n) is 2.18. The van der Waals surface area contributed by atoms with Gasteiger partial charge in [-0.2, -0.15) is 5.26 Å². The molecule has 0 aliphatic rings. The third-order valence-corrected chi connectivity index (χ3v) is 2.18. The molecule has 0 heterocycles. The Bertz CT molecular complexity index is 416. The van der Waals surface area contributed by atoms with Gasteiger partial charge in [0.2, 0.25) is 0 Å². The Morgan fingerprint density at radius 2 is 2.00 bits per heavy atom. The molecule has 1 aromatic carbocycles. The van der Waals surface area contributed by atoms with Crippen molar-refractivity contribution in [3.63, 3.8) is 0 Å². The van der Waals surface area contributed by atoms with Gasteiger partial charge in [0.1, 0.15) is 0 Å². The number of carboxylic acids is 1. The van der Waals surface area contributed by atoms with Gasteiger partial charge in [0.05, 0.1) is 18.1 Å². The van der Waals surface area contributed by atoms with Gasteiger partial charge in [-0.05, 0) is 36.6 Å². The van der Waals surface area contributed by atoms with E-state index in [-0.39, 0.29) is 6.42 Å². The summed E-state index contributed by atoms with van der Waals surface area (Å²) in [5.41, 5.74) is 3.06. The van der Waals surface area contributed by atoms with Crippen LogP contribution in [-0.2, 0) is 11.2 Å². The zero-order valence-corrected chi connectivity index (χ0v) is 8.16. The van der Waals surface area contributed by atoms with Crippen LogP contribution in [0.2, 0.25) is 0 Å². The standard InChI is InChI=1S/C11H11NO2/c1-7-3-9(5-11(13)14)10(6-12)4-8(7)2/h3-4H,5H2,1-2H3,(H,13,14). The Balaban J connectivity index is 3.22. The normalized spacial score (nSPS) is 9.50. The lowest BCUT2D eigenvalue weighted by Gasteiger charge is -2.05. The number of hydrogen-bond acceptors (Lipinski definition) is 2. The van der Waals surface area contributed by atoms with Crippen LogP contribution in [0.25, 0.3) is 0 Å². The Labute approximate surface area is 82.6 Å². The van der Waals surface area contributed by atoms with Crippen LogP contribution in [0.5, 0.6) is 0 Å². The Morgan fingerprint density at radius 1 is 1.43 bits per heavy atom. The Kier molecular flexibility index (Phi) is 2.88. The van der Waals surface area contributed by atoms with Crippen molar-refractivity contribution < 1.29 is 9.90 Å². The van der Waals surface area contributed by atoms with Gasteiger partial charge >= 0.3 is 5.97 Å². The van der Waals surface area contributed by atoms with Crippen LogP contribution >= 0.6 is 0 Å². The molecular formula is C11H11NO2. The lowest BCUT2D eigenvalue weighted by atomic mass is 9.99. The number of hydrogen-bond donors (Lipinski definition) is 1. The summed E-state index contributed by atoms with van der Waals surface area (Å²) in [6, 6.07) is 5.50. The number of nitrogens with zero attached hydrogens (tertiary/aromatic N) is 1. The van der Waals surface area contributed by atoms with Crippen LogP contribution in [-0.4, -0.2) is 11.1 Å². The Hall–Kier alpha value is -1.82. The first-order valence-electron chi connectivity index (χ1n) is 4.26. The molecule has 3 heteroatoms. The van der Waals surface area contributed by atoms with Crippen LogP contribution in [0.15, 0.2) is 12.1 Å². The average molecular weight is 189 g/mol. The van der Waals surface area contributed by atoms with E-state index in [0.29, 0.717) is 11.1 Å². The van der Waals surface area contributed by atoms with E-state index in [0.717, 1.165) is 11.1 Å². The fourth-order valence-corrected chi connectivity index (χ4v) is 1.29. The summed E-state index contributed by atoms with van der Waals surface area (Å²) >= 11 is 0. The maximum atomic E-state index is 10.5. The lowest BCUT2D eigenvalue weighted by molar-refractivity contribution is -0.136. The second kappa shape index (κ2) is 3.93. The molecule has 0 unspecified atom stereocenters. The van der Waals surface area contributed by atoms with E-state index in [2.05, 4.69) is 0 Å². The molecular weight excluding hydrogens is 178 g/mol. The highest BCUT2D eigenvalue weighted by atomic mass is 16.4. The Morgan fingerprint density at radius 3 is 2.50 bits per heavy atom. The summed E-state index contributed by atoms with van der Waals surface area (Å²) in [5.74, 6) is -0.912. The SMILES string of the molecule is Cc1cc(C#N)c(CC(=O)O)cc1C. The summed E-state index contributed by atoms with van der Waals surface area (Å²) in [4.78, 5) is 10.5. The molecule has 72 valence electrons. The number of carboxylic acid groups (broad SMARTS) is 1. The van der Waals surface area contributed by atoms with Crippen LogP contribution in [0.3, 0.4) is 0 Å². The molecule has 0 saturated carbocycles. The third kappa shape index (κ3) is 2.11. The van der Waals surface area contributed by atoms with Crippen LogP contribution < -0.4 is 0 Å². The van der Waals surface area contributed by atoms with Gasteiger partial charge in [0.25, 0.3) is 0 Å². The van der Waals surface area contributed by atoms with E-state index < -0.39 is 5.97 Å². The van der Waals surface area contributed by atoms with E-state index in [1.165, 1.54) is 0 Å². The van der Waals surface area contributed by atoms with E-state index in [4.69, 9.17) is 10.4 Å². The largest absolute Gasteiger partial charge is 0.481 e. The zero-order valence-electron chi connectivity index (χ0n) is 8.16. The molecule has 0 radical (unpaired) electrons. The molecule has 0 spiro atoms. The predicted molar refractivity (Wildman–Crippen MR) is 52.0 cm³/mol. The summed E-state index contributed by atoms with van der Waals surface area (Å²) < 4.78 is 0. The van der Waals surface area contributed by atoms with Crippen molar-refractivity contribution in [3.05, 3.63) is 34.4 Å². The predicted octanol–water partition coefficient (Wildman–Crippen LogP) is 1.80. The quantitative estimate of drug-likeness (QED) is 0.771. The average Bonchev–Trinajstić information content (AvgIpc) is 2.10. The molecule has 1 rings (SSSR count). The number of aryl methyl sites for hydroxylation is 2. The van der Waals surface area contributed by atoms with E-state index in [1.54, 1.807) is 12.1 Å². The van der Waals surface area contributed by atoms with Crippen LogP contribution in [0.1, 0.15) is 22.3 Å².